The first-order valence-electron chi connectivity index (χ1n) is 10.5. The maximum absolute atomic E-state index is 11.9. The van der Waals surface area contributed by atoms with Crippen molar-refractivity contribution in [1.29, 1.82) is 0 Å². The summed E-state index contributed by atoms with van der Waals surface area (Å²) in [6.45, 7) is 8.93. The van der Waals surface area contributed by atoms with Crippen molar-refractivity contribution in [3.8, 4) is 16.9 Å². The molecule has 0 aromatic heterocycles. The Morgan fingerprint density at radius 3 is 2.38 bits per heavy atom. The molecular weight excluding hydrogens is 360 g/mol. The van der Waals surface area contributed by atoms with Gasteiger partial charge in [0.25, 0.3) is 0 Å². The van der Waals surface area contributed by atoms with Gasteiger partial charge in [0.2, 0.25) is 0 Å². The lowest BCUT2D eigenvalue weighted by atomic mass is 9.65. The SMILES string of the molecule is COc1ccc2c(c1-c1cc(C(=O)O)cc3c1CCCC3)C(C)(C)C=CC2(C)C. The molecule has 0 heterocycles. The molecule has 0 fully saturated rings. The average molecular weight is 391 g/mol. The van der Waals surface area contributed by atoms with E-state index in [0.29, 0.717) is 5.56 Å². The van der Waals surface area contributed by atoms with Gasteiger partial charge in [-0.2, -0.15) is 0 Å². The van der Waals surface area contributed by atoms with E-state index in [9.17, 15) is 9.90 Å². The molecular formula is C26H30O3. The number of hydrogen-bond donors (Lipinski definition) is 1. The Bertz CT molecular complexity index is 1020. The summed E-state index contributed by atoms with van der Waals surface area (Å²) in [6, 6.07) is 7.97. The Balaban J connectivity index is 2.12. The summed E-state index contributed by atoms with van der Waals surface area (Å²) in [4.78, 5) is 11.9. The third-order valence-electron chi connectivity index (χ3n) is 6.62. The lowest BCUT2D eigenvalue weighted by Crippen LogP contribution is -2.30. The summed E-state index contributed by atoms with van der Waals surface area (Å²) in [7, 11) is 1.70. The zero-order valence-corrected chi connectivity index (χ0v) is 18.1. The van der Waals surface area contributed by atoms with E-state index in [1.165, 1.54) is 22.3 Å². The number of fused-ring (bicyclic) bond motifs is 2. The van der Waals surface area contributed by atoms with Crippen LogP contribution in [0.2, 0.25) is 0 Å². The van der Waals surface area contributed by atoms with Crippen molar-refractivity contribution >= 4 is 5.97 Å². The number of carbonyl (C=O) groups is 1. The Morgan fingerprint density at radius 1 is 1.00 bits per heavy atom. The molecule has 2 aliphatic rings. The van der Waals surface area contributed by atoms with E-state index in [0.717, 1.165) is 42.6 Å². The van der Waals surface area contributed by atoms with Gasteiger partial charge in [-0.05, 0) is 71.7 Å². The standard InChI is InChI=1S/C26H30O3/c1-25(2)12-13-26(3,4)23-20(25)10-11-21(29-5)22(23)19-15-17(24(27)28)14-16-8-6-7-9-18(16)19/h10-15H,6-9H2,1-5H3,(H,27,28). The summed E-state index contributed by atoms with van der Waals surface area (Å²) in [5, 5.41) is 9.77. The largest absolute Gasteiger partial charge is 0.496 e. The van der Waals surface area contributed by atoms with E-state index < -0.39 is 5.97 Å². The molecule has 0 bridgehead atoms. The highest BCUT2D eigenvalue weighted by Gasteiger charge is 2.37. The average Bonchev–Trinajstić information content (AvgIpc) is 2.69. The smallest absolute Gasteiger partial charge is 0.335 e. The van der Waals surface area contributed by atoms with Crippen molar-refractivity contribution in [3.63, 3.8) is 0 Å². The van der Waals surface area contributed by atoms with Gasteiger partial charge in [0.1, 0.15) is 5.75 Å². The number of hydrogen-bond acceptors (Lipinski definition) is 2. The van der Waals surface area contributed by atoms with Crippen molar-refractivity contribution < 1.29 is 14.6 Å². The van der Waals surface area contributed by atoms with Crippen LogP contribution in [0.15, 0.2) is 36.4 Å². The number of carboxylic acids is 1. The zero-order chi connectivity index (χ0) is 21.0. The second-order valence-corrected chi connectivity index (χ2v) is 9.52. The molecule has 2 aromatic carbocycles. The van der Waals surface area contributed by atoms with Crippen molar-refractivity contribution in [2.75, 3.05) is 7.11 Å². The molecule has 2 aliphatic carbocycles. The van der Waals surface area contributed by atoms with Crippen LogP contribution in [0, 0.1) is 0 Å². The van der Waals surface area contributed by atoms with Crippen LogP contribution in [0.1, 0.15) is 73.1 Å². The topological polar surface area (TPSA) is 46.5 Å². The lowest BCUT2D eigenvalue weighted by molar-refractivity contribution is 0.0696. The highest BCUT2D eigenvalue weighted by Crippen LogP contribution is 2.50. The maximum atomic E-state index is 11.9. The predicted octanol–water partition coefficient (Wildman–Crippen LogP) is 6.06. The van der Waals surface area contributed by atoms with Gasteiger partial charge in [0, 0.05) is 16.4 Å². The van der Waals surface area contributed by atoms with Crippen LogP contribution in [0.3, 0.4) is 0 Å². The van der Waals surface area contributed by atoms with Crippen molar-refractivity contribution in [2.45, 2.75) is 64.2 Å². The summed E-state index contributed by atoms with van der Waals surface area (Å²) < 4.78 is 5.85. The van der Waals surface area contributed by atoms with E-state index >= 15 is 0 Å². The maximum Gasteiger partial charge on any atom is 0.335 e. The third kappa shape index (κ3) is 3.17. The molecule has 2 aromatic rings. The summed E-state index contributed by atoms with van der Waals surface area (Å²) >= 11 is 0. The molecule has 1 N–H and O–H groups in total. The van der Waals surface area contributed by atoms with Gasteiger partial charge in [0.05, 0.1) is 12.7 Å². The lowest BCUT2D eigenvalue weighted by Gasteiger charge is -2.39. The number of carboxylic acid groups (broad SMARTS) is 1. The first kappa shape index (κ1) is 19.8. The van der Waals surface area contributed by atoms with E-state index in [1.807, 2.05) is 18.2 Å². The Morgan fingerprint density at radius 2 is 1.69 bits per heavy atom. The molecule has 0 atom stereocenters. The Kier molecular flexibility index (Phi) is 4.60. The molecule has 3 heteroatoms. The molecule has 0 radical (unpaired) electrons. The normalized spacial score (nSPS) is 18.7. The third-order valence-corrected chi connectivity index (χ3v) is 6.62. The highest BCUT2D eigenvalue weighted by molar-refractivity contribution is 5.92. The Hall–Kier alpha value is -2.55. The highest BCUT2D eigenvalue weighted by atomic mass is 16.5. The van der Waals surface area contributed by atoms with Gasteiger partial charge < -0.3 is 9.84 Å². The summed E-state index contributed by atoms with van der Waals surface area (Å²) in [5.41, 5.74) is 7.20. The van der Waals surface area contributed by atoms with E-state index in [2.05, 4.69) is 45.9 Å². The zero-order valence-electron chi connectivity index (χ0n) is 18.1. The van der Waals surface area contributed by atoms with Crippen LogP contribution in [0.25, 0.3) is 11.1 Å². The van der Waals surface area contributed by atoms with Gasteiger partial charge in [-0.25, -0.2) is 4.79 Å². The minimum atomic E-state index is -0.872. The number of allylic oxidation sites excluding steroid dienone is 2. The van der Waals surface area contributed by atoms with Crippen LogP contribution in [0.4, 0.5) is 0 Å². The molecule has 152 valence electrons. The van der Waals surface area contributed by atoms with Crippen molar-refractivity contribution in [1.82, 2.24) is 0 Å². The number of rotatable bonds is 3. The number of ether oxygens (including phenoxy) is 1. The molecule has 0 unspecified atom stereocenters. The van der Waals surface area contributed by atoms with E-state index in [4.69, 9.17) is 4.74 Å². The van der Waals surface area contributed by atoms with E-state index in [1.54, 1.807) is 7.11 Å². The van der Waals surface area contributed by atoms with Gasteiger partial charge in [-0.1, -0.05) is 45.9 Å². The fourth-order valence-corrected chi connectivity index (χ4v) is 5.03. The van der Waals surface area contributed by atoms with Crippen LogP contribution in [-0.4, -0.2) is 18.2 Å². The van der Waals surface area contributed by atoms with Crippen LogP contribution in [0.5, 0.6) is 5.75 Å². The molecule has 0 spiro atoms. The van der Waals surface area contributed by atoms with Gasteiger partial charge >= 0.3 is 5.97 Å². The molecule has 4 rings (SSSR count). The first-order chi connectivity index (χ1) is 13.7. The second kappa shape index (κ2) is 6.76. The quantitative estimate of drug-likeness (QED) is 0.648. The minimum Gasteiger partial charge on any atom is -0.496 e. The van der Waals surface area contributed by atoms with Crippen LogP contribution in [-0.2, 0) is 23.7 Å². The first-order valence-corrected chi connectivity index (χ1v) is 10.5. The number of aryl methyl sites for hydroxylation is 1. The number of aromatic carboxylic acids is 1. The number of benzene rings is 2. The van der Waals surface area contributed by atoms with Crippen molar-refractivity contribution in [2.24, 2.45) is 0 Å². The van der Waals surface area contributed by atoms with Gasteiger partial charge in [-0.15, -0.1) is 0 Å². The van der Waals surface area contributed by atoms with Crippen LogP contribution < -0.4 is 4.74 Å². The van der Waals surface area contributed by atoms with Gasteiger partial charge in [-0.3, -0.25) is 0 Å². The monoisotopic (exact) mass is 390 g/mol. The summed E-state index contributed by atoms with van der Waals surface area (Å²) in [6.07, 6.45) is 8.74. The Labute approximate surface area is 173 Å². The fraction of sp³-hybridized carbons (Fsp3) is 0.423. The van der Waals surface area contributed by atoms with E-state index in [-0.39, 0.29) is 10.8 Å². The number of methoxy groups -OCH3 is 1. The fourth-order valence-electron chi connectivity index (χ4n) is 5.03. The molecule has 0 aliphatic heterocycles. The second-order valence-electron chi connectivity index (χ2n) is 9.52. The van der Waals surface area contributed by atoms with Crippen molar-refractivity contribution in [3.05, 3.63) is 64.2 Å². The minimum absolute atomic E-state index is 0.0870. The molecule has 0 amide bonds. The van der Waals surface area contributed by atoms with Gasteiger partial charge in [0.15, 0.2) is 0 Å². The summed E-state index contributed by atoms with van der Waals surface area (Å²) in [5.74, 6) is -0.0545. The molecule has 0 saturated heterocycles. The molecule has 29 heavy (non-hydrogen) atoms. The van der Waals surface area contributed by atoms with Crippen LogP contribution >= 0.6 is 0 Å². The predicted molar refractivity (Wildman–Crippen MR) is 117 cm³/mol. The molecule has 3 nitrogen and oxygen atoms in total. The molecule has 0 saturated carbocycles.